The predicted octanol–water partition coefficient (Wildman–Crippen LogP) is -1.64. The van der Waals surface area contributed by atoms with Crippen molar-refractivity contribution in [1.29, 1.82) is 0 Å². The van der Waals surface area contributed by atoms with Gasteiger partial charge in [-0.2, -0.15) is 0 Å². The third-order valence-electron chi connectivity index (χ3n) is 2.03. The highest BCUT2D eigenvalue weighted by Crippen LogP contribution is 1.84. The molecule has 0 aromatic heterocycles. The first-order valence-electron chi connectivity index (χ1n) is 5.47. The van der Waals surface area contributed by atoms with Crippen LogP contribution in [-0.4, -0.2) is 52.8 Å². The highest BCUT2D eigenvalue weighted by atomic mass is 32.2. The Hall–Kier alpha value is -1.19. The number of sulfonamides is 1. The van der Waals surface area contributed by atoms with Gasteiger partial charge in [-0.05, 0) is 19.9 Å². The smallest absolute Gasteiger partial charge is 0.321 e. The van der Waals surface area contributed by atoms with Crippen molar-refractivity contribution in [3.63, 3.8) is 0 Å². The van der Waals surface area contributed by atoms with Gasteiger partial charge in [-0.15, -0.1) is 0 Å². The molecule has 4 N–H and O–H groups in total. The number of imide groups is 1. The molecule has 0 fully saturated rings. The molecule has 0 spiro atoms. The Morgan fingerprint density at radius 1 is 1.22 bits per heavy atom. The molecule has 0 saturated heterocycles. The number of hydrogen-bond acceptors (Lipinski definition) is 5. The van der Waals surface area contributed by atoms with Gasteiger partial charge < -0.3 is 10.6 Å². The lowest BCUT2D eigenvalue weighted by atomic mass is 10.3. The van der Waals surface area contributed by atoms with E-state index < -0.39 is 28.0 Å². The maximum atomic E-state index is 11.4. The monoisotopic (exact) mass is 280 g/mol. The fourth-order valence-corrected chi connectivity index (χ4v) is 1.55. The van der Waals surface area contributed by atoms with Gasteiger partial charge in [0.25, 0.3) is 0 Å². The lowest BCUT2D eigenvalue weighted by Gasteiger charge is -2.13. The summed E-state index contributed by atoms with van der Waals surface area (Å²) in [5, 5.41) is 7.27. The van der Waals surface area contributed by atoms with E-state index in [1.54, 1.807) is 6.92 Å². The molecule has 0 aliphatic rings. The Morgan fingerprint density at radius 3 is 2.33 bits per heavy atom. The third-order valence-corrected chi connectivity index (χ3v) is 2.75. The van der Waals surface area contributed by atoms with Crippen molar-refractivity contribution < 1.29 is 18.0 Å². The molecular weight excluding hydrogens is 260 g/mol. The van der Waals surface area contributed by atoms with E-state index in [0.29, 0.717) is 19.5 Å². The molecule has 106 valence electrons. The minimum Gasteiger partial charge on any atom is -0.341 e. The van der Waals surface area contributed by atoms with Crippen LogP contribution < -0.4 is 20.7 Å². The fraction of sp³-hybridized carbons (Fsp3) is 0.778. The highest BCUT2D eigenvalue weighted by molar-refractivity contribution is 7.88. The molecule has 3 amide bonds. The first kappa shape index (κ1) is 16.8. The van der Waals surface area contributed by atoms with Crippen LogP contribution in [0.15, 0.2) is 0 Å². The largest absolute Gasteiger partial charge is 0.341 e. The van der Waals surface area contributed by atoms with Gasteiger partial charge in [0.05, 0.1) is 12.3 Å². The van der Waals surface area contributed by atoms with Gasteiger partial charge in [-0.25, -0.2) is 17.9 Å². The minimum atomic E-state index is -3.17. The van der Waals surface area contributed by atoms with Gasteiger partial charge in [0.2, 0.25) is 15.9 Å². The van der Waals surface area contributed by atoms with Crippen LogP contribution in [0.5, 0.6) is 0 Å². The van der Waals surface area contributed by atoms with E-state index in [2.05, 4.69) is 20.7 Å². The molecule has 0 radical (unpaired) electrons. The summed E-state index contributed by atoms with van der Waals surface area (Å²) in [6.07, 6.45) is 1.63. The van der Waals surface area contributed by atoms with Gasteiger partial charge in [-0.3, -0.25) is 10.1 Å². The number of carbonyl (C=O) groups excluding carboxylic acids is 2. The van der Waals surface area contributed by atoms with Crippen LogP contribution in [0.1, 0.15) is 13.3 Å². The summed E-state index contributed by atoms with van der Waals surface area (Å²) >= 11 is 0. The molecule has 1 unspecified atom stereocenters. The quantitative estimate of drug-likeness (QED) is 0.417. The maximum Gasteiger partial charge on any atom is 0.321 e. The molecule has 0 aromatic carbocycles. The molecule has 0 aliphatic carbocycles. The van der Waals surface area contributed by atoms with Gasteiger partial charge in [-0.1, -0.05) is 0 Å². The van der Waals surface area contributed by atoms with Crippen LogP contribution in [-0.2, 0) is 14.8 Å². The Kier molecular flexibility index (Phi) is 7.48. The summed E-state index contributed by atoms with van der Waals surface area (Å²) in [4.78, 5) is 22.3. The molecule has 0 aromatic rings. The van der Waals surface area contributed by atoms with Crippen LogP contribution in [0.4, 0.5) is 4.79 Å². The van der Waals surface area contributed by atoms with E-state index in [1.807, 2.05) is 0 Å². The summed E-state index contributed by atoms with van der Waals surface area (Å²) < 4.78 is 23.8. The number of hydrogen-bond donors (Lipinski definition) is 4. The number of urea groups is 1. The molecule has 0 rings (SSSR count). The minimum absolute atomic E-state index is 0.301. The third kappa shape index (κ3) is 8.90. The zero-order valence-corrected chi connectivity index (χ0v) is 11.6. The molecule has 0 heterocycles. The van der Waals surface area contributed by atoms with E-state index >= 15 is 0 Å². The Balaban J connectivity index is 3.73. The van der Waals surface area contributed by atoms with Gasteiger partial charge >= 0.3 is 6.03 Å². The Morgan fingerprint density at radius 2 is 1.83 bits per heavy atom. The second-order valence-corrected chi connectivity index (χ2v) is 5.60. The van der Waals surface area contributed by atoms with Crippen molar-refractivity contribution >= 4 is 22.0 Å². The number of rotatable bonds is 7. The maximum absolute atomic E-state index is 11.4. The second kappa shape index (κ2) is 8.01. The molecule has 0 aliphatic heterocycles. The van der Waals surface area contributed by atoms with Crippen molar-refractivity contribution in [2.24, 2.45) is 0 Å². The molecule has 1 atom stereocenters. The van der Waals surface area contributed by atoms with Crippen LogP contribution in [0.2, 0.25) is 0 Å². The van der Waals surface area contributed by atoms with Crippen LogP contribution >= 0.6 is 0 Å². The fourth-order valence-electron chi connectivity index (χ4n) is 1.04. The topological polar surface area (TPSA) is 116 Å². The summed E-state index contributed by atoms with van der Waals surface area (Å²) in [6, 6.07) is -1.09. The molecule has 9 heteroatoms. The zero-order valence-electron chi connectivity index (χ0n) is 10.7. The number of carbonyl (C=O) groups is 2. The lowest BCUT2D eigenvalue weighted by molar-refractivity contribution is -0.121. The summed E-state index contributed by atoms with van der Waals surface area (Å²) in [6.45, 7) is 2.38. The van der Waals surface area contributed by atoms with E-state index in [-0.39, 0.29) is 0 Å². The van der Waals surface area contributed by atoms with Crippen molar-refractivity contribution in [1.82, 2.24) is 20.7 Å². The standard InChI is InChI=1S/C9H20N4O4S/c1-7(8(14)13-9(15)10-2)11-5-4-6-12-18(3,16)17/h7,11-12H,4-6H2,1-3H3,(H2,10,13,14,15). The predicted molar refractivity (Wildman–Crippen MR) is 67.5 cm³/mol. The van der Waals surface area contributed by atoms with Crippen molar-refractivity contribution in [3.8, 4) is 0 Å². The summed E-state index contributed by atoms with van der Waals surface area (Å²) in [5.74, 6) is -0.439. The van der Waals surface area contributed by atoms with Crippen LogP contribution in [0.25, 0.3) is 0 Å². The van der Waals surface area contributed by atoms with E-state index in [0.717, 1.165) is 6.26 Å². The lowest BCUT2D eigenvalue weighted by Crippen LogP contribution is -2.47. The van der Waals surface area contributed by atoms with E-state index in [9.17, 15) is 18.0 Å². The average molecular weight is 280 g/mol. The van der Waals surface area contributed by atoms with Crippen LogP contribution in [0, 0.1) is 0 Å². The number of amides is 3. The van der Waals surface area contributed by atoms with Gasteiger partial charge in [0.15, 0.2) is 0 Å². The second-order valence-electron chi connectivity index (χ2n) is 3.76. The molecule has 18 heavy (non-hydrogen) atoms. The normalized spacial score (nSPS) is 12.8. The first-order valence-corrected chi connectivity index (χ1v) is 7.36. The Labute approximate surface area is 107 Å². The van der Waals surface area contributed by atoms with E-state index in [1.165, 1.54) is 7.05 Å². The Bertz CT molecular complexity index is 382. The number of nitrogens with one attached hydrogen (secondary N) is 4. The van der Waals surface area contributed by atoms with Crippen molar-refractivity contribution in [3.05, 3.63) is 0 Å². The summed E-state index contributed by atoms with van der Waals surface area (Å²) in [5.41, 5.74) is 0. The van der Waals surface area contributed by atoms with Gasteiger partial charge in [0, 0.05) is 13.6 Å². The van der Waals surface area contributed by atoms with E-state index in [4.69, 9.17) is 0 Å². The molecule has 0 saturated carbocycles. The summed E-state index contributed by atoms with van der Waals surface area (Å²) in [7, 11) is -1.76. The first-order chi connectivity index (χ1) is 8.26. The highest BCUT2D eigenvalue weighted by Gasteiger charge is 2.13. The average Bonchev–Trinajstić information content (AvgIpc) is 2.26. The van der Waals surface area contributed by atoms with Crippen molar-refractivity contribution in [2.75, 3.05) is 26.4 Å². The van der Waals surface area contributed by atoms with Gasteiger partial charge in [0.1, 0.15) is 0 Å². The molecule has 8 nitrogen and oxygen atoms in total. The van der Waals surface area contributed by atoms with Crippen molar-refractivity contribution in [2.45, 2.75) is 19.4 Å². The zero-order chi connectivity index (χ0) is 14.2. The molecular formula is C9H20N4O4S. The van der Waals surface area contributed by atoms with Crippen LogP contribution in [0.3, 0.4) is 0 Å². The molecule has 0 bridgehead atoms. The SMILES string of the molecule is CNC(=O)NC(=O)C(C)NCCCNS(C)(=O)=O.